The van der Waals surface area contributed by atoms with Crippen molar-refractivity contribution in [3.8, 4) is 0 Å². The molecule has 0 N–H and O–H groups in total. The summed E-state index contributed by atoms with van der Waals surface area (Å²) in [5.74, 6) is -0.101. The third-order valence-electron chi connectivity index (χ3n) is 1.14. The number of nitrogens with zero attached hydrogens (tertiary/aromatic N) is 1. The van der Waals surface area contributed by atoms with Crippen LogP contribution in [0.5, 0.6) is 0 Å². The Kier molecular flexibility index (Phi) is 5.70. The Morgan fingerprint density at radius 3 is 2.83 bits per heavy atom. The summed E-state index contributed by atoms with van der Waals surface area (Å²) in [4.78, 5) is 14.9. The van der Waals surface area contributed by atoms with Crippen molar-refractivity contribution in [3.05, 3.63) is 29.0 Å². The lowest BCUT2D eigenvalue weighted by molar-refractivity contribution is 0.101. The number of carbonyl (C=O) groups excluding carboxylic acids is 1. The van der Waals surface area contributed by atoms with E-state index in [1.54, 1.807) is 18.3 Å². The molecule has 0 fully saturated rings. The van der Waals surface area contributed by atoms with E-state index in [2.05, 4.69) is 20.9 Å². The maximum absolute atomic E-state index is 11.0. The zero-order valence-corrected chi connectivity index (χ0v) is 10.0. The SMILES string of the molecule is Br.O=C(CBr)c1ncccc1Cl. The molecule has 0 bridgehead atoms. The zero-order chi connectivity index (χ0) is 8.27. The Balaban J connectivity index is 0.00000121. The van der Waals surface area contributed by atoms with Crippen LogP contribution in [0.2, 0.25) is 5.02 Å². The predicted molar refractivity (Wildman–Crippen MR) is 57.7 cm³/mol. The Labute approximate surface area is 94.2 Å². The van der Waals surface area contributed by atoms with E-state index in [1.807, 2.05) is 0 Å². The number of aromatic nitrogens is 1. The molecule has 66 valence electrons. The van der Waals surface area contributed by atoms with E-state index in [9.17, 15) is 4.79 Å². The fourth-order valence-corrected chi connectivity index (χ4v) is 1.15. The summed E-state index contributed by atoms with van der Waals surface area (Å²) in [6.45, 7) is 0. The minimum atomic E-state index is -0.101. The van der Waals surface area contributed by atoms with Gasteiger partial charge in [0.05, 0.1) is 10.4 Å². The number of halogens is 3. The summed E-state index contributed by atoms with van der Waals surface area (Å²) in [5, 5.41) is 0.654. The van der Waals surface area contributed by atoms with E-state index in [4.69, 9.17) is 11.6 Å². The van der Waals surface area contributed by atoms with Crippen molar-refractivity contribution in [3.63, 3.8) is 0 Å². The number of carbonyl (C=O) groups is 1. The molecule has 1 heterocycles. The van der Waals surface area contributed by atoms with Gasteiger partial charge in [-0.2, -0.15) is 0 Å². The molecule has 1 aromatic rings. The van der Waals surface area contributed by atoms with Crippen molar-refractivity contribution in [1.82, 2.24) is 4.98 Å². The van der Waals surface area contributed by atoms with E-state index in [0.29, 0.717) is 10.7 Å². The van der Waals surface area contributed by atoms with Crippen LogP contribution in [0.15, 0.2) is 18.3 Å². The van der Waals surface area contributed by atoms with Gasteiger partial charge in [0.1, 0.15) is 5.69 Å². The summed E-state index contributed by atoms with van der Waals surface area (Å²) in [5.41, 5.74) is 0.325. The zero-order valence-electron chi connectivity index (χ0n) is 5.96. The van der Waals surface area contributed by atoms with Gasteiger partial charge in [0.2, 0.25) is 0 Å². The van der Waals surface area contributed by atoms with Crippen LogP contribution in [0.25, 0.3) is 0 Å². The number of hydrogen-bond acceptors (Lipinski definition) is 2. The fourth-order valence-electron chi connectivity index (χ4n) is 0.654. The molecule has 0 amide bonds. The van der Waals surface area contributed by atoms with Gasteiger partial charge >= 0.3 is 0 Å². The van der Waals surface area contributed by atoms with Crippen molar-refractivity contribution in [2.75, 3.05) is 5.33 Å². The fraction of sp³-hybridized carbons (Fsp3) is 0.143. The van der Waals surface area contributed by atoms with Gasteiger partial charge in [-0.05, 0) is 12.1 Å². The molecular formula is C7H6Br2ClNO. The maximum Gasteiger partial charge on any atom is 0.193 e. The minimum absolute atomic E-state index is 0. The lowest BCUT2D eigenvalue weighted by Gasteiger charge is -1.96. The first-order valence-corrected chi connectivity index (χ1v) is 4.45. The minimum Gasteiger partial charge on any atom is -0.291 e. The van der Waals surface area contributed by atoms with Crippen LogP contribution in [-0.2, 0) is 0 Å². The van der Waals surface area contributed by atoms with Crippen LogP contribution in [0, 0.1) is 0 Å². The van der Waals surface area contributed by atoms with E-state index < -0.39 is 0 Å². The topological polar surface area (TPSA) is 30.0 Å². The Hall–Kier alpha value is 0.0700. The second kappa shape index (κ2) is 5.67. The average molecular weight is 315 g/mol. The van der Waals surface area contributed by atoms with Crippen LogP contribution in [0.3, 0.4) is 0 Å². The van der Waals surface area contributed by atoms with Gasteiger partial charge in [0.25, 0.3) is 0 Å². The largest absolute Gasteiger partial charge is 0.291 e. The number of hydrogen-bond donors (Lipinski definition) is 0. The summed E-state index contributed by atoms with van der Waals surface area (Å²) in [6, 6.07) is 3.33. The smallest absolute Gasteiger partial charge is 0.193 e. The first-order chi connectivity index (χ1) is 5.25. The van der Waals surface area contributed by atoms with E-state index in [0.717, 1.165) is 0 Å². The van der Waals surface area contributed by atoms with Crippen molar-refractivity contribution in [2.45, 2.75) is 0 Å². The van der Waals surface area contributed by atoms with Crippen LogP contribution < -0.4 is 0 Å². The molecule has 1 rings (SSSR count). The third kappa shape index (κ3) is 2.84. The van der Waals surface area contributed by atoms with Crippen molar-refractivity contribution in [1.29, 1.82) is 0 Å². The molecule has 0 saturated heterocycles. The molecule has 0 atom stereocenters. The maximum atomic E-state index is 11.0. The lowest BCUT2D eigenvalue weighted by Crippen LogP contribution is -2.03. The molecule has 0 saturated carbocycles. The van der Waals surface area contributed by atoms with Gasteiger partial charge in [-0.25, -0.2) is 0 Å². The monoisotopic (exact) mass is 313 g/mol. The van der Waals surface area contributed by atoms with Gasteiger partial charge in [-0.15, -0.1) is 17.0 Å². The molecule has 0 aliphatic carbocycles. The van der Waals surface area contributed by atoms with Gasteiger partial charge < -0.3 is 0 Å². The van der Waals surface area contributed by atoms with Gasteiger partial charge in [0, 0.05) is 6.20 Å². The van der Waals surface area contributed by atoms with Crippen LogP contribution >= 0.6 is 44.5 Å². The molecule has 0 aromatic carbocycles. The lowest BCUT2D eigenvalue weighted by atomic mass is 10.3. The second-order valence-corrected chi connectivity index (χ2v) is 2.86. The van der Waals surface area contributed by atoms with Gasteiger partial charge in [0.15, 0.2) is 5.78 Å². The first-order valence-electron chi connectivity index (χ1n) is 2.95. The first kappa shape index (κ1) is 12.1. The van der Waals surface area contributed by atoms with Crippen LogP contribution in [0.4, 0.5) is 0 Å². The summed E-state index contributed by atoms with van der Waals surface area (Å²) in [7, 11) is 0. The molecule has 12 heavy (non-hydrogen) atoms. The highest BCUT2D eigenvalue weighted by atomic mass is 79.9. The number of rotatable bonds is 2. The van der Waals surface area contributed by atoms with Crippen molar-refractivity contribution < 1.29 is 4.79 Å². The number of Topliss-reactive ketones (excluding diaryl/α,β-unsaturated/α-hetero) is 1. The van der Waals surface area contributed by atoms with E-state index >= 15 is 0 Å². The molecule has 2 nitrogen and oxygen atoms in total. The molecule has 0 unspecified atom stereocenters. The molecule has 0 aliphatic rings. The Morgan fingerprint density at radius 1 is 1.67 bits per heavy atom. The number of pyridine rings is 1. The third-order valence-corrected chi connectivity index (χ3v) is 1.96. The summed E-state index contributed by atoms with van der Waals surface area (Å²) < 4.78 is 0. The van der Waals surface area contributed by atoms with Crippen molar-refractivity contribution in [2.24, 2.45) is 0 Å². The summed E-state index contributed by atoms with van der Waals surface area (Å²) in [6.07, 6.45) is 1.54. The molecule has 0 aliphatic heterocycles. The van der Waals surface area contributed by atoms with E-state index in [-0.39, 0.29) is 28.1 Å². The Morgan fingerprint density at radius 2 is 2.33 bits per heavy atom. The summed E-state index contributed by atoms with van der Waals surface area (Å²) >= 11 is 8.73. The van der Waals surface area contributed by atoms with Gasteiger partial charge in [-0.1, -0.05) is 27.5 Å². The van der Waals surface area contributed by atoms with Crippen molar-refractivity contribution >= 4 is 50.3 Å². The molecule has 5 heteroatoms. The number of alkyl halides is 1. The van der Waals surface area contributed by atoms with Crippen LogP contribution in [-0.4, -0.2) is 16.1 Å². The standard InChI is InChI=1S/C7H5BrClNO.BrH/c8-4-6(11)7-5(9)2-1-3-10-7;/h1-3H,4H2;1H. The molecule has 0 spiro atoms. The molecular weight excluding hydrogens is 309 g/mol. The highest BCUT2D eigenvalue weighted by Crippen LogP contribution is 2.12. The predicted octanol–water partition coefficient (Wildman–Crippen LogP) is 2.89. The quantitative estimate of drug-likeness (QED) is 0.620. The van der Waals surface area contributed by atoms with Gasteiger partial charge in [-0.3, -0.25) is 9.78 Å². The normalized spacial score (nSPS) is 8.83. The average Bonchev–Trinajstić information content (AvgIpc) is 2.04. The van der Waals surface area contributed by atoms with Crippen LogP contribution in [0.1, 0.15) is 10.5 Å². The second-order valence-electron chi connectivity index (χ2n) is 1.89. The molecule has 0 radical (unpaired) electrons. The van der Waals surface area contributed by atoms with E-state index in [1.165, 1.54) is 0 Å². The molecule has 1 aromatic heterocycles. The highest BCUT2D eigenvalue weighted by molar-refractivity contribution is 9.09. The highest BCUT2D eigenvalue weighted by Gasteiger charge is 2.08. The Bertz CT molecular complexity index is 280. The number of ketones is 1.